The van der Waals surface area contributed by atoms with Gasteiger partial charge in [0.2, 0.25) is 11.8 Å². The van der Waals surface area contributed by atoms with Gasteiger partial charge in [-0.2, -0.15) is 0 Å². The molecule has 2 aromatic carbocycles. The number of anilines is 2. The molecule has 0 aliphatic heterocycles. The summed E-state index contributed by atoms with van der Waals surface area (Å²) in [5.74, 6) is -0.600. The number of hydrogen-bond donors (Lipinski definition) is 2. The topological polar surface area (TPSA) is 58.2 Å². The van der Waals surface area contributed by atoms with E-state index in [4.69, 9.17) is 0 Å². The predicted octanol–water partition coefficient (Wildman–Crippen LogP) is 4.14. The van der Waals surface area contributed by atoms with E-state index >= 15 is 0 Å². The van der Waals surface area contributed by atoms with Gasteiger partial charge in [-0.1, -0.05) is 17.7 Å². The summed E-state index contributed by atoms with van der Waals surface area (Å²) in [6.07, 6.45) is 0. The van der Waals surface area contributed by atoms with Crippen molar-refractivity contribution in [2.45, 2.75) is 26.0 Å². The summed E-state index contributed by atoms with van der Waals surface area (Å²) in [4.78, 5) is 24.2. The van der Waals surface area contributed by atoms with Crippen LogP contribution < -0.4 is 10.6 Å². The summed E-state index contributed by atoms with van der Waals surface area (Å²) in [5.41, 5.74) is 3.44. The fraction of sp³-hybridized carbons (Fsp3) is 0.263. The van der Waals surface area contributed by atoms with Crippen LogP contribution >= 0.6 is 11.8 Å². The van der Waals surface area contributed by atoms with Crippen molar-refractivity contribution in [3.63, 3.8) is 0 Å². The maximum absolute atomic E-state index is 12.8. The number of hydrogen-bond acceptors (Lipinski definition) is 3. The third kappa shape index (κ3) is 5.90. The highest BCUT2D eigenvalue weighted by atomic mass is 32.2. The molecule has 2 rings (SSSR count). The van der Waals surface area contributed by atoms with Gasteiger partial charge in [-0.05, 0) is 56.7 Å². The van der Waals surface area contributed by atoms with E-state index in [0.717, 1.165) is 16.8 Å². The van der Waals surface area contributed by atoms with Crippen LogP contribution in [0.2, 0.25) is 0 Å². The second-order valence-electron chi connectivity index (χ2n) is 5.82. The van der Waals surface area contributed by atoms with Crippen molar-refractivity contribution >= 4 is 35.0 Å². The van der Waals surface area contributed by atoms with Crippen LogP contribution in [0.25, 0.3) is 0 Å². The van der Waals surface area contributed by atoms with Crippen LogP contribution in [0.4, 0.5) is 15.8 Å². The number of carbonyl (C=O) groups is 2. The molecular weight excluding hydrogens is 339 g/mol. The number of carbonyl (C=O) groups excluding carboxylic acids is 2. The van der Waals surface area contributed by atoms with Gasteiger partial charge in [0, 0.05) is 11.4 Å². The second kappa shape index (κ2) is 8.67. The lowest BCUT2D eigenvalue weighted by Gasteiger charge is -2.14. The Morgan fingerprint density at radius 3 is 2.40 bits per heavy atom. The van der Waals surface area contributed by atoms with Gasteiger partial charge in [0.15, 0.2) is 0 Å². The van der Waals surface area contributed by atoms with Crippen LogP contribution in [-0.4, -0.2) is 22.8 Å². The van der Waals surface area contributed by atoms with Gasteiger partial charge in [-0.25, -0.2) is 4.39 Å². The van der Waals surface area contributed by atoms with Crippen LogP contribution in [0.1, 0.15) is 18.1 Å². The Morgan fingerprint density at radius 1 is 1.08 bits per heavy atom. The van der Waals surface area contributed by atoms with E-state index in [0.29, 0.717) is 5.69 Å². The van der Waals surface area contributed by atoms with E-state index in [1.165, 1.54) is 36.0 Å². The van der Waals surface area contributed by atoms with Gasteiger partial charge in [0.25, 0.3) is 0 Å². The van der Waals surface area contributed by atoms with Gasteiger partial charge in [-0.3, -0.25) is 9.59 Å². The molecule has 0 heterocycles. The molecule has 6 heteroatoms. The highest BCUT2D eigenvalue weighted by Gasteiger charge is 2.16. The van der Waals surface area contributed by atoms with Crippen LogP contribution in [-0.2, 0) is 9.59 Å². The zero-order chi connectivity index (χ0) is 18.4. The number of rotatable bonds is 6. The van der Waals surface area contributed by atoms with Gasteiger partial charge in [0.1, 0.15) is 5.82 Å². The zero-order valence-corrected chi connectivity index (χ0v) is 15.2. The Kier molecular flexibility index (Phi) is 6.58. The van der Waals surface area contributed by atoms with Crippen molar-refractivity contribution in [2.75, 3.05) is 16.4 Å². The number of thioether (sulfide) groups is 1. The average Bonchev–Trinajstić information content (AvgIpc) is 2.57. The molecule has 0 radical (unpaired) electrons. The molecule has 2 N–H and O–H groups in total. The third-order valence-electron chi connectivity index (χ3n) is 3.60. The fourth-order valence-corrected chi connectivity index (χ4v) is 2.88. The first kappa shape index (κ1) is 19.0. The van der Waals surface area contributed by atoms with Gasteiger partial charge in [0.05, 0.1) is 11.0 Å². The number of aryl methyl sites for hydroxylation is 2. The quantitative estimate of drug-likeness (QED) is 0.814. The molecule has 2 aromatic rings. The zero-order valence-electron chi connectivity index (χ0n) is 14.4. The molecule has 0 aliphatic carbocycles. The molecule has 1 unspecified atom stereocenters. The molecule has 0 fully saturated rings. The molecule has 4 nitrogen and oxygen atoms in total. The molecule has 132 valence electrons. The van der Waals surface area contributed by atoms with Crippen LogP contribution in [0.3, 0.4) is 0 Å². The number of amides is 2. The Balaban J connectivity index is 1.82. The number of nitrogens with one attached hydrogen (secondary N) is 2. The van der Waals surface area contributed by atoms with Gasteiger partial charge < -0.3 is 10.6 Å². The Labute approximate surface area is 151 Å². The van der Waals surface area contributed by atoms with Gasteiger partial charge >= 0.3 is 0 Å². The molecule has 0 bridgehead atoms. The minimum absolute atomic E-state index is 0.138. The summed E-state index contributed by atoms with van der Waals surface area (Å²) in [7, 11) is 0. The largest absolute Gasteiger partial charge is 0.325 e. The van der Waals surface area contributed by atoms with Crippen LogP contribution in [0.5, 0.6) is 0 Å². The molecular formula is C19H21FN2O2S. The summed E-state index contributed by atoms with van der Waals surface area (Å²) in [6, 6.07) is 11.4. The molecule has 0 saturated carbocycles. The van der Waals surface area contributed by atoms with Crippen molar-refractivity contribution in [2.24, 2.45) is 0 Å². The molecule has 1 atom stereocenters. The normalized spacial score (nSPS) is 11.7. The first-order valence-electron chi connectivity index (χ1n) is 7.90. The SMILES string of the molecule is Cc1ccc(NC(=O)C(C)SCC(=O)Nc2ccc(F)cc2)c(C)c1. The monoisotopic (exact) mass is 360 g/mol. The Bertz CT molecular complexity index is 763. The smallest absolute Gasteiger partial charge is 0.237 e. The van der Waals surface area contributed by atoms with E-state index in [1.54, 1.807) is 6.92 Å². The first-order chi connectivity index (χ1) is 11.8. The molecule has 0 saturated heterocycles. The van der Waals surface area contributed by atoms with Crippen molar-refractivity contribution in [3.8, 4) is 0 Å². The van der Waals surface area contributed by atoms with E-state index in [1.807, 2.05) is 32.0 Å². The summed E-state index contributed by atoms with van der Waals surface area (Å²) in [5, 5.41) is 5.18. The summed E-state index contributed by atoms with van der Waals surface area (Å²) < 4.78 is 12.8. The van der Waals surface area contributed by atoms with E-state index in [2.05, 4.69) is 10.6 Å². The third-order valence-corrected chi connectivity index (χ3v) is 4.74. The first-order valence-corrected chi connectivity index (χ1v) is 8.95. The molecule has 0 aliphatic rings. The average molecular weight is 360 g/mol. The number of benzene rings is 2. The highest BCUT2D eigenvalue weighted by molar-refractivity contribution is 8.01. The molecule has 0 spiro atoms. The highest BCUT2D eigenvalue weighted by Crippen LogP contribution is 2.19. The van der Waals surface area contributed by atoms with E-state index < -0.39 is 0 Å². The van der Waals surface area contributed by atoms with Crippen LogP contribution in [0, 0.1) is 19.7 Å². The maximum atomic E-state index is 12.8. The lowest BCUT2D eigenvalue weighted by molar-refractivity contribution is -0.115. The Morgan fingerprint density at radius 2 is 1.76 bits per heavy atom. The minimum atomic E-state index is -0.375. The predicted molar refractivity (Wildman–Crippen MR) is 101 cm³/mol. The second-order valence-corrected chi connectivity index (χ2v) is 7.15. The minimum Gasteiger partial charge on any atom is -0.325 e. The number of halogens is 1. The van der Waals surface area contributed by atoms with E-state index in [9.17, 15) is 14.0 Å². The molecule has 0 aromatic heterocycles. The summed E-state index contributed by atoms with van der Waals surface area (Å²) >= 11 is 1.25. The van der Waals surface area contributed by atoms with Gasteiger partial charge in [-0.15, -0.1) is 11.8 Å². The molecule has 2 amide bonds. The van der Waals surface area contributed by atoms with Crippen molar-refractivity contribution in [3.05, 3.63) is 59.4 Å². The Hall–Kier alpha value is -2.34. The lowest BCUT2D eigenvalue weighted by Crippen LogP contribution is -2.25. The van der Waals surface area contributed by atoms with Crippen molar-refractivity contribution in [1.29, 1.82) is 0 Å². The van der Waals surface area contributed by atoms with E-state index in [-0.39, 0.29) is 28.6 Å². The lowest BCUT2D eigenvalue weighted by atomic mass is 10.1. The fourth-order valence-electron chi connectivity index (χ4n) is 2.19. The summed E-state index contributed by atoms with van der Waals surface area (Å²) in [6.45, 7) is 5.70. The van der Waals surface area contributed by atoms with Crippen molar-refractivity contribution in [1.82, 2.24) is 0 Å². The van der Waals surface area contributed by atoms with Crippen molar-refractivity contribution < 1.29 is 14.0 Å². The molecule has 25 heavy (non-hydrogen) atoms. The maximum Gasteiger partial charge on any atom is 0.237 e. The standard InChI is InChI=1S/C19H21FN2O2S/c1-12-4-9-17(13(2)10-12)22-19(24)14(3)25-11-18(23)21-16-7-5-15(20)6-8-16/h4-10,14H,11H2,1-3H3,(H,21,23)(H,22,24). The van der Waals surface area contributed by atoms with Crippen LogP contribution in [0.15, 0.2) is 42.5 Å².